The molecule has 6 rings (SSSR count). The minimum Gasteiger partial charge on any atom is -0.419 e. The standard InChI is InChI=1S/C23H17Cl2F2N7O2S/c24-15-4-3-13(6-16(15)25)23(26,27)21-32-31-19(36-21)14-8-33(20(35)17-7-28-12-37-17)9-22(14)10-34(11-22)18-2-1-5-29-30-18/h1-7,12,14H,8-11H2. The molecule has 1 atom stereocenters. The monoisotopic (exact) mass is 563 g/mol. The molecule has 0 bridgehead atoms. The number of benzene rings is 1. The van der Waals surface area contributed by atoms with Gasteiger partial charge in [0.25, 0.3) is 11.8 Å². The molecular weight excluding hydrogens is 547 g/mol. The summed E-state index contributed by atoms with van der Waals surface area (Å²) in [5, 5.41) is 15.9. The summed E-state index contributed by atoms with van der Waals surface area (Å²) >= 11 is 13.1. The van der Waals surface area contributed by atoms with Gasteiger partial charge in [-0.3, -0.25) is 9.78 Å². The summed E-state index contributed by atoms with van der Waals surface area (Å²) in [6, 6.07) is 7.15. The van der Waals surface area contributed by atoms with Crippen LogP contribution in [-0.4, -0.2) is 62.4 Å². The molecule has 14 heteroatoms. The SMILES string of the molecule is O=C(c1cncs1)N1CC(c2nnc(C(F)(F)c3ccc(Cl)c(Cl)c3)o2)C2(C1)CN(c1cccnn1)C2. The molecule has 1 amide bonds. The zero-order valence-electron chi connectivity index (χ0n) is 18.9. The van der Waals surface area contributed by atoms with E-state index in [1.807, 2.05) is 11.0 Å². The van der Waals surface area contributed by atoms with Crippen LogP contribution in [0.1, 0.15) is 32.9 Å². The second-order valence-electron chi connectivity index (χ2n) is 9.05. The van der Waals surface area contributed by atoms with E-state index in [-0.39, 0.29) is 28.4 Å². The Morgan fingerprint density at radius 1 is 1.14 bits per heavy atom. The molecule has 0 aliphatic carbocycles. The van der Waals surface area contributed by atoms with Gasteiger partial charge in [0.15, 0.2) is 5.82 Å². The highest BCUT2D eigenvalue weighted by Crippen LogP contribution is 2.50. The molecule has 2 fully saturated rings. The largest absolute Gasteiger partial charge is 0.419 e. The summed E-state index contributed by atoms with van der Waals surface area (Å²) in [6.07, 6.45) is 3.10. The van der Waals surface area contributed by atoms with Gasteiger partial charge in [0, 0.05) is 43.4 Å². The van der Waals surface area contributed by atoms with Crippen LogP contribution in [0.3, 0.4) is 0 Å². The third-order valence-corrected chi connectivity index (χ3v) is 8.26. The normalized spacial score (nSPS) is 18.9. The molecule has 1 aromatic carbocycles. The number of thiazole rings is 1. The molecule has 5 heterocycles. The highest BCUT2D eigenvalue weighted by Gasteiger charge is 2.58. The molecule has 0 radical (unpaired) electrons. The van der Waals surface area contributed by atoms with Crippen LogP contribution in [0.25, 0.3) is 0 Å². The van der Waals surface area contributed by atoms with Crippen LogP contribution in [-0.2, 0) is 5.92 Å². The Morgan fingerprint density at radius 2 is 1.97 bits per heavy atom. The van der Waals surface area contributed by atoms with Gasteiger partial charge in [-0.15, -0.1) is 26.6 Å². The number of rotatable bonds is 5. The second kappa shape index (κ2) is 8.96. The number of aromatic nitrogens is 5. The third kappa shape index (κ3) is 4.12. The molecule has 37 heavy (non-hydrogen) atoms. The van der Waals surface area contributed by atoms with Crippen molar-refractivity contribution >= 4 is 46.3 Å². The van der Waals surface area contributed by atoms with E-state index >= 15 is 8.78 Å². The van der Waals surface area contributed by atoms with E-state index in [1.165, 1.54) is 23.6 Å². The van der Waals surface area contributed by atoms with Gasteiger partial charge in [-0.2, -0.15) is 13.9 Å². The Labute approximate surface area is 223 Å². The fourth-order valence-electron chi connectivity index (χ4n) is 4.92. The van der Waals surface area contributed by atoms with Crippen molar-refractivity contribution in [2.75, 3.05) is 31.1 Å². The fraction of sp³-hybridized carbons (Fsp3) is 0.304. The summed E-state index contributed by atoms with van der Waals surface area (Å²) in [6.45, 7) is 1.67. The third-order valence-electron chi connectivity index (χ3n) is 6.76. The van der Waals surface area contributed by atoms with Crippen LogP contribution in [0.2, 0.25) is 10.0 Å². The molecule has 2 saturated heterocycles. The Bertz CT molecular complexity index is 1450. The molecule has 1 unspecified atom stereocenters. The minimum absolute atomic E-state index is 0.0101. The maximum atomic E-state index is 15.3. The van der Waals surface area contributed by atoms with E-state index < -0.39 is 28.7 Å². The van der Waals surface area contributed by atoms with E-state index in [4.69, 9.17) is 27.6 Å². The van der Waals surface area contributed by atoms with Crippen molar-refractivity contribution in [1.82, 2.24) is 30.3 Å². The summed E-state index contributed by atoms with van der Waals surface area (Å²) in [7, 11) is 0. The Kier molecular flexibility index (Phi) is 5.85. The lowest BCUT2D eigenvalue weighted by Crippen LogP contribution is -2.60. The molecule has 1 spiro atoms. The van der Waals surface area contributed by atoms with Crippen LogP contribution >= 0.6 is 34.5 Å². The molecule has 190 valence electrons. The van der Waals surface area contributed by atoms with E-state index in [0.717, 1.165) is 12.1 Å². The van der Waals surface area contributed by atoms with Crippen LogP contribution in [0.5, 0.6) is 0 Å². The molecule has 3 aromatic heterocycles. The number of amides is 1. The van der Waals surface area contributed by atoms with Crippen molar-refractivity contribution in [2.45, 2.75) is 11.8 Å². The first-order valence-corrected chi connectivity index (χ1v) is 12.8. The Hall–Kier alpha value is -3.22. The van der Waals surface area contributed by atoms with Gasteiger partial charge in [0.2, 0.25) is 5.89 Å². The van der Waals surface area contributed by atoms with Crippen molar-refractivity contribution < 1.29 is 18.0 Å². The first kappa shape index (κ1) is 24.1. The summed E-state index contributed by atoms with van der Waals surface area (Å²) in [5.41, 5.74) is 0.684. The van der Waals surface area contributed by atoms with E-state index in [2.05, 4.69) is 25.4 Å². The number of alkyl halides is 2. The maximum Gasteiger partial charge on any atom is 0.349 e. The number of anilines is 1. The first-order valence-electron chi connectivity index (χ1n) is 11.1. The highest BCUT2D eigenvalue weighted by molar-refractivity contribution is 7.11. The molecule has 9 nitrogen and oxygen atoms in total. The summed E-state index contributed by atoms with van der Waals surface area (Å²) < 4.78 is 36.1. The Balaban J connectivity index is 1.31. The van der Waals surface area contributed by atoms with Crippen LogP contribution in [0.4, 0.5) is 14.6 Å². The zero-order chi connectivity index (χ0) is 25.8. The van der Waals surface area contributed by atoms with Crippen molar-refractivity contribution in [2.24, 2.45) is 5.41 Å². The topological polar surface area (TPSA) is 101 Å². The molecule has 2 aliphatic rings. The summed E-state index contributed by atoms with van der Waals surface area (Å²) in [4.78, 5) is 21.3. The summed E-state index contributed by atoms with van der Waals surface area (Å²) in [5.74, 6) is -4.33. The fourth-order valence-corrected chi connectivity index (χ4v) is 5.80. The van der Waals surface area contributed by atoms with Gasteiger partial charge in [0.1, 0.15) is 4.88 Å². The molecular formula is C23H17Cl2F2N7O2S. The van der Waals surface area contributed by atoms with Crippen molar-refractivity contribution in [1.29, 1.82) is 0 Å². The van der Waals surface area contributed by atoms with Gasteiger partial charge in [-0.1, -0.05) is 29.3 Å². The average Bonchev–Trinajstić information content (AvgIpc) is 3.64. The van der Waals surface area contributed by atoms with E-state index in [1.54, 1.807) is 22.7 Å². The predicted octanol–water partition coefficient (Wildman–Crippen LogP) is 4.51. The van der Waals surface area contributed by atoms with Crippen LogP contribution in [0, 0.1) is 5.41 Å². The second-order valence-corrected chi connectivity index (χ2v) is 10.8. The molecule has 0 N–H and O–H groups in total. The lowest BCUT2D eigenvalue weighted by Gasteiger charge is -2.50. The number of halogens is 4. The quantitative estimate of drug-likeness (QED) is 0.349. The highest BCUT2D eigenvalue weighted by atomic mass is 35.5. The number of carbonyl (C=O) groups is 1. The molecule has 2 aliphatic heterocycles. The Morgan fingerprint density at radius 3 is 2.68 bits per heavy atom. The van der Waals surface area contributed by atoms with Crippen molar-refractivity contribution in [3.8, 4) is 0 Å². The first-order chi connectivity index (χ1) is 17.8. The smallest absolute Gasteiger partial charge is 0.349 e. The number of carbonyl (C=O) groups excluding carboxylic acids is 1. The average molecular weight is 564 g/mol. The van der Waals surface area contributed by atoms with Gasteiger partial charge in [0.05, 0.1) is 27.7 Å². The maximum absolute atomic E-state index is 15.3. The van der Waals surface area contributed by atoms with Crippen LogP contribution in [0.15, 0.2) is 52.7 Å². The number of hydrogen-bond acceptors (Lipinski definition) is 9. The van der Waals surface area contributed by atoms with Crippen molar-refractivity contribution in [3.63, 3.8) is 0 Å². The van der Waals surface area contributed by atoms with Gasteiger partial charge >= 0.3 is 5.92 Å². The lowest BCUT2D eigenvalue weighted by atomic mass is 9.71. The van der Waals surface area contributed by atoms with Gasteiger partial charge < -0.3 is 14.2 Å². The predicted molar refractivity (Wildman–Crippen MR) is 131 cm³/mol. The van der Waals surface area contributed by atoms with E-state index in [9.17, 15) is 4.79 Å². The lowest BCUT2D eigenvalue weighted by molar-refractivity contribution is 0.0108. The number of nitrogens with zero attached hydrogens (tertiary/aromatic N) is 7. The van der Waals surface area contributed by atoms with Gasteiger partial charge in [-0.05, 0) is 24.3 Å². The van der Waals surface area contributed by atoms with Gasteiger partial charge in [-0.25, -0.2) is 0 Å². The molecule has 0 saturated carbocycles. The van der Waals surface area contributed by atoms with Crippen molar-refractivity contribution in [3.05, 3.63) is 80.5 Å². The number of likely N-dealkylation sites (tertiary alicyclic amines) is 1. The molecule has 4 aromatic rings. The van der Waals surface area contributed by atoms with Crippen LogP contribution < -0.4 is 4.90 Å². The zero-order valence-corrected chi connectivity index (χ0v) is 21.2. The minimum atomic E-state index is -3.59. The van der Waals surface area contributed by atoms with E-state index in [0.29, 0.717) is 30.3 Å². The number of hydrogen-bond donors (Lipinski definition) is 0.